The van der Waals surface area contributed by atoms with E-state index in [0.29, 0.717) is 5.75 Å². The standard InChI is InChI=1S/C15H14O3/c1-2-11-6-5-7-12(10-11)13-8-3-4-9-14(13)18-15(16)17/h3-10H,2H2,1H3,(H,16,17). The zero-order valence-electron chi connectivity index (χ0n) is 10.1. The maximum atomic E-state index is 10.7. The first kappa shape index (κ1) is 12.2. The Morgan fingerprint density at radius 1 is 1.17 bits per heavy atom. The second kappa shape index (κ2) is 5.36. The van der Waals surface area contributed by atoms with Gasteiger partial charge in [-0.2, -0.15) is 0 Å². The predicted molar refractivity (Wildman–Crippen MR) is 69.9 cm³/mol. The molecule has 0 fully saturated rings. The molecule has 2 aromatic rings. The topological polar surface area (TPSA) is 46.5 Å². The first-order valence-electron chi connectivity index (χ1n) is 5.80. The van der Waals surface area contributed by atoms with Gasteiger partial charge in [-0.3, -0.25) is 0 Å². The molecule has 0 aromatic heterocycles. The summed E-state index contributed by atoms with van der Waals surface area (Å²) in [6, 6.07) is 15.1. The molecule has 0 aliphatic heterocycles. The molecule has 0 amide bonds. The van der Waals surface area contributed by atoms with Crippen molar-refractivity contribution in [2.45, 2.75) is 13.3 Å². The van der Waals surface area contributed by atoms with Crippen LogP contribution < -0.4 is 4.74 Å². The third-order valence-electron chi connectivity index (χ3n) is 2.73. The third-order valence-corrected chi connectivity index (χ3v) is 2.73. The van der Waals surface area contributed by atoms with E-state index in [1.807, 2.05) is 36.4 Å². The number of aryl methyl sites for hydroxylation is 1. The third kappa shape index (κ3) is 2.69. The van der Waals surface area contributed by atoms with Crippen LogP contribution in [0.25, 0.3) is 11.1 Å². The highest BCUT2D eigenvalue weighted by Crippen LogP contribution is 2.30. The van der Waals surface area contributed by atoms with Crippen LogP contribution >= 0.6 is 0 Å². The quantitative estimate of drug-likeness (QED) is 0.654. The zero-order valence-corrected chi connectivity index (χ0v) is 10.1. The summed E-state index contributed by atoms with van der Waals surface area (Å²) in [7, 11) is 0. The summed E-state index contributed by atoms with van der Waals surface area (Å²) < 4.78 is 4.79. The molecule has 3 heteroatoms. The molecule has 0 spiro atoms. The Kier molecular flexibility index (Phi) is 3.63. The molecule has 18 heavy (non-hydrogen) atoms. The average molecular weight is 242 g/mol. The van der Waals surface area contributed by atoms with Crippen LogP contribution in [0.3, 0.4) is 0 Å². The van der Waals surface area contributed by atoms with Gasteiger partial charge in [-0.1, -0.05) is 49.4 Å². The molecule has 2 rings (SSSR count). The van der Waals surface area contributed by atoms with Gasteiger partial charge in [-0.15, -0.1) is 0 Å². The maximum absolute atomic E-state index is 10.7. The van der Waals surface area contributed by atoms with Crippen molar-refractivity contribution in [3.05, 3.63) is 54.1 Å². The summed E-state index contributed by atoms with van der Waals surface area (Å²) in [6.07, 6.45) is -0.357. The van der Waals surface area contributed by atoms with Crippen molar-refractivity contribution in [2.24, 2.45) is 0 Å². The molecule has 1 N–H and O–H groups in total. The van der Waals surface area contributed by atoms with E-state index in [1.165, 1.54) is 5.56 Å². The largest absolute Gasteiger partial charge is 0.511 e. The minimum Gasteiger partial charge on any atom is -0.449 e. The smallest absolute Gasteiger partial charge is 0.449 e. The molecule has 0 atom stereocenters. The minimum absolute atomic E-state index is 0.359. The molecule has 0 saturated carbocycles. The number of rotatable bonds is 3. The summed E-state index contributed by atoms with van der Waals surface area (Å²) in [5.41, 5.74) is 2.96. The molecule has 0 aliphatic carbocycles. The number of para-hydroxylation sites is 1. The van der Waals surface area contributed by atoms with Crippen molar-refractivity contribution in [2.75, 3.05) is 0 Å². The van der Waals surface area contributed by atoms with Crippen LogP contribution in [0.2, 0.25) is 0 Å². The Labute approximate surface area is 106 Å². The Morgan fingerprint density at radius 3 is 2.67 bits per heavy atom. The zero-order chi connectivity index (χ0) is 13.0. The predicted octanol–water partition coefficient (Wildman–Crippen LogP) is 3.97. The van der Waals surface area contributed by atoms with Crippen molar-refractivity contribution in [3.63, 3.8) is 0 Å². The SMILES string of the molecule is CCc1cccc(-c2ccccc2OC(=O)O)c1. The molecule has 92 valence electrons. The number of benzene rings is 2. The fourth-order valence-electron chi connectivity index (χ4n) is 1.85. The van der Waals surface area contributed by atoms with Gasteiger partial charge in [0.15, 0.2) is 0 Å². The molecule has 0 aliphatic rings. The maximum Gasteiger partial charge on any atom is 0.511 e. The summed E-state index contributed by atoms with van der Waals surface area (Å²) in [4.78, 5) is 10.7. The van der Waals surface area contributed by atoms with E-state index >= 15 is 0 Å². The molecular formula is C15H14O3. The van der Waals surface area contributed by atoms with Gasteiger partial charge in [-0.25, -0.2) is 4.79 Å². The van der Waals surface area contributed by atoms with E-state index in [-0.39, 0.29) is 0 Å². The molecule has 3 nitrogen and oxygen atoms in total. The van der Waals surface area contributed by atoms with Gasteiger partial charge in [0.1, 0.15) is 5.75 Å². The second-order valence-electron chi connectivity index (χ2n) is 3.92. The van der Waals surface area contributed by atoms with Gasteiger partial charge in [0.2, 0.25) is 0 Å². The van der Waals surface area contributed by atoms with Crippen LogP contribution in [-0.4, -0.2) is 11.3 Å². The fraction of sp³-hybridized carbons (Fsp3) is 0.133. The van der Waals surface area contributed by atoms with Crippen molar-refractivity contribution in [1.29, 1.82) is 0 Å². The Bertz CT molecular complexity index is 561. The van der Waals surface area contributed by atoms with Gasteiger partial charge in [-0.05, 0) is 23.6 Å². The summed E-state index contributed by atoms with van der Waals surface area (Å²) in [5, 5.41) is 8.72. The minimum atomic E-state index is -1.30. The molecule has 0 saturated heterocycles. The lowest BCUT2D eigenvalue weighted by Crippen LogP contribution is -2.03. The second-order valence-corrected chi connectivity index (χ2v) is 3.92. The summed E-state index contributed by atoms with van der Waals surface area (Å²) in [6.45, 7) is 2.08. The number of carbonyl (C=O) groups is 1. The van der Waals surface area contributed by atoms with E-state index in [4.69, 9.17) is 9.84 Å². The van der Waals surface area contributed by atoms with Crippen LogP contribution in [0.1, 0.15) is 12.5 Å². The monoisotopic (exact) mass is 242 g/mol. The highest BCUT2D eigenvalue weighted by Gasteiger charge is 2.09. The first-order valence-corrected chi connectivity index (χ1v) is 5.80. The fourth-order valence-corrected chi connectivity index (χ4v) is 1.85. The van der Waals surface area contributed by atoms with Gasteiger partial charge in [0.05, 0.1) is 0 Å². The van der Waals surface area contributed by atoms with Crippen molar-refractivity contribution >= 4 is 6.16 Å². The lowest BCUT2D eigenvalue weighted by molar-refractivity contribution is 0.144. The van der Waals surface area contributed by atoms with E-state index in [0.717, 1.165) is 17.5 Å². The normalized spacial score (nSPS) is 10.1. The van der Waals surface area contributed by atoms with Crippen molar-refractivity contribution in [3.8, 4) is 16.9 Å². The van der Waals surface area contributed by atoms with Crippen LogP contribution in [0.5, 0.6) is 5.75 Å². The summed E-state index contributed by atoms with van der Waals surface area (Å²) >= 11 is 0. The van der Waals surface area contributed by atoms with Crippen LogP contribution in [0.4, 0.5) is 4.79 Å². The van der Waals surface area contributed by atoms with E-state index in [2.05, 4.69) is 6.92 Å². The Balaban J connectivity index is 2.45. The van der Waals surface area contributed by atoms with Gasteiger partial charge < -0.3 is 9.84 Å². The van der Waals surface area contributed by atoms with Gasteiger partial charge >= 0.3 is 6.16 Å². The number of carboxylic acid groups (broad SMARTS) is 1. The Morgan fingerprint density at radius 2 is 1.94 bits per heavy atom. The van der Waals surface area contributed by atoms with Crippen molar-refractivity contribution in [1.82, 2.24) is 0 Å². The lowest BCUT2D eigenvalue weighted by Gasteiger charge is -2.09. The highest BCUT2D eigenvalue weighted by atomic mass is 16.7. The van der Waals surface area contributed by atoms with E-state index < -0.39 is 6.16 Å². The molecule has 0 unspecified atom stereocenters. The van der Waals surface area contributed by atoms with Crippen LogP contribution in [0, 0.1) is 0 Å². The van der Waals surface area contributed by atoms with Crippen LogP contribution in [0.15, 0.2) is 48.5 Å². The van der Waals surface area contributed by atoms with Gasteiger partial charge in [0, 0.05) is 5.56 Å². The van der Waals surface area contributed by atoms with E-state index in [9.17, 15) is 4.79 Å². The molecule has 0 heterocycles. The molecule has 0 radical (unpaired) electrons. The number of hydrogen-bond donors (Lipinski definition) is 1. The molecule has 2 aromatic carbocycles. The van der Waals surface area contributed by atoms with E-state index in [1.54, 1.807) is 12.1 Å². The average Bonchev–Trinajstić information content (AvgIpc) is 2.39. The lowest BCUT2D eigenvalue weighted by atomic mass is 10.0. The van der Waals surface area contributed by atoms with Crippen molar-refractivity contribution < 1.29 is 14.6 Å². The number of hydrogen-bond acceptors (Lipinski definition) is 2. The molecule has 0 bridgehead atoms. The highest BCUT2D eigenvalue weighted by molar-refractivity contribution is 5.74. The number of ether oxygens (including phenoxy) is 1. The molecular weight excluding hydrogens is 228 g/mol. The first-order chi connectivity index (χ1) is 8.70. The van der Waals surface area contributed by atoms with Gasteiger partial charge in [0.25, 0.3) is 0 Å². The Hall–Kier alpha value is -2.29. The van der Waals surface area contributed by atoms with Crippen LogP contribution in [-0.2, 0) is 6.42 Å². The summed E-state index contributed by atoms with van der Waals surface area (Å²) in [5.74, 6) is 0.359.